The van der Waals surface area contributed by atoms with E-state index in [1.54, 1.807) is 41.5 Å². The lowest BCUT2D eigenvalue weighted by molar-refractivity contribution is -0.310. The predicted molar refractivity (Wildman–Crippen MR) is 206 cm³/mol. The van der Waals surface area contributed by atoms with E-state index < -0.39 is 102 Å². The van der Waals surface area contributed by atoms with Crippen LogP contribution in [0.3, 0.4) is 0 Å². The first-order chi connectivity index (χ1) is 26.5. The maximum absolute atomic E-state index is 14.7. The molecular formula is C42H69NO14. The number of carbonyl (C=O) groups is 5. The Kier molecular flexibility index (Phi) is 15.2. The molecule has 4 aliphatic rings. The van der Waals surface area contributed by atoms with Gasteiger partial charge in [-0.2, -0.15) is 0 Å². The summed E-state index contributed by atoms with van der Waals surface area (Å²) < 4.78 is 56.1. The Morgan fingerprint density at radius 3 is 2.09 bits per heavy atom. The molecule has 57 heavy (non-hydrogen) atoms. The fourth-order valence-electron chi connectivity index (χ4n) is 9.80. The second-order valence-electron chi connectivity index (χ2n) is 17.8. The lowest BCUT2D eigenvalue weighted by Crippen LogP contribution is -2.61. The van der Waals surface area contributed by atoms with E-state index in [0.717, 1.165) is 0 Å². The van der Waals surface area contributed by atoms with E-state index in [0.29, 0.717) is 12.8 Å². The Morgan fingerprint density at radius 2 is 1.53 bits per heavy atom. The number of hydrogen-bond donors (Lipinski definition) is 0. The van der Waals surface area contributed by atoms with Crippen molar-refractivity contribution in [3.05, 3.63) is 0 Å². The van der Waals surface area contributed by atoms with Crippen molar-refractivity contribution in [2.45, 2.75) is 180 Å². The van der Waals surface area contributed by atoms with E-state index in [9.17, 15) is 24.0 Å². The number of ketones is 3. The number of ether oxygens (including phenoxy) is 9. The zero-order valence-corrected chi connectivity index (χ0v) is 36.8. The average Bonchev–Trinajstić information content (AvgIpc) is 3.46. The van der Waals surface area contributed by atoms with Gasteiger partial charge in [-0.3, -0.25) is 19.2 Å². The summed E-state index contributed by atoms with van der Waals surface area (Å²) in [6, 6.07) is -0.267. The molecule has 4 fully saturated rings. The quantitative estimate of drug-likeness (QED) is 0.283. The highest BCUT2D eigenvalue weighted by Gasteiger charge is 2.58. The second kappa shape index (κ2) is 18.4. The van der Waals surface area contributed by atoms with Crippen molar-refractivity contribution in [3.8, 4) is 0 Å². The van der Waals surface area contributed by atoms with Gasteiger partial charge in [0.15, 0.2) is 36.2 Å². The van der Waals surface area contributed by atoms with Gasteiger partial charge in [0.05, 0.1) is 35.9 Å². The van der Waals surface area contributed by atoms with Crippen molar-refractivity contribution < 1.29 is 66.6 Å². The minimum atomic E-state index is -1.27. The molecule has 1 aliphatic carbocycles. The van der Waals surface area contributed by atoms with Crippen molar-refractivity contribution in [3.63, 3.8) is 0 Å². The number of esters is 1. The SMILES string of the molecule is CCC1CC(=O)[C@H](C)C(O[C@H]2C[C@@](C)(OC)C(=O)[C@H](C)O2)[C@H](C)[C@@H](O[C@@H]2O[C@H](C)C[C@H](N(C)C)[C@H]2OC(C)=O)[C@](C)(OC)C[C@@H](C)C(=O)[C@H](C)[C@H]2OC(=O)O[C@]12C. The van der Waals surface area contributed by atoms with Crippen molar-refractivity contribution >= 4 is 29.5 Å². The molecule has 2 unspecified atom stereocenters. The fourth-order valence-corrected chi connectivity index (χ4v) is 9.80. The van der Waals surface area contributed by atoms with Gasteiger partial charge in [0, 0.05) is 57.7 Å². The number of likely N-dealkylation sites (N-methyl/N-ethyl adjacent to an activating group) is 1. The highest BCUT2D eigenvalue weighted by molar-refractivity contribution is 5.91. The molecule has 3 heterocycles. The molecular weight excluding hydrogens is 742 g/mol. The van der Waals surface area contributed by atoms with Crippen LogP contribution in [0.25, 0.3) is 0 Å². The first kappa shape index (κ1) is 47.2. The molecule has 0 spiro atoms. The minimum Gasteiger partial charge on any atom is -0.455 e. The van der Waals surface area contributed by atoms with Gasteiger partial charge in [-0.1, -0.05) is 34.6 Å². The number of nitrogens with zero attached hydrogens (tertiary/aromatic N) is 1. The maximum atomic E-state index is 14.7. The Labute approximate surface area is 338 Å². The van der Waals surface area contributed by atoms with Crippen LogP contribution in [-0.2, 0) is 61.8 Å². The third-order valence-corrected chi connectivity index (χ3v) is 13.4. The Bertz CT molecular complexity index is 1470. The van der Waals surface area contributed by atoms with Gasteiger partial charge in [-0.15, -0.1) is 0 Å². The summed E-state index contributed by atoms with van der Waals surface area (Å²) in [5.41, 5.74) is -3.74. The van der Waals surface area contributed by atoms with Gasteiger partial charge in [0.2, 0.25) is 0 Å². The predicted octanol–water partition coefficient (Wildman–Crippen LogP) is 5.06. The van der Waals surface area contributed by atoms with Crippen LogP contribution in [-0.4, -0.2) is 135 Å². The van der Waals surface area contributed by atoms with E-state index in [1.807, 2.05) is 46.7 Å². The van der Waals surface area contributed by atoms with Gasteiger partial charge in [-0.05, 0) is 68.0 Å². The molecule has 3 aliphatic heterocycles. The third kappa shape index (κ3) is 9.76. The monoisotopic (exact) mass is 811 g/mol. The molecule has 0 aromatic carbocycles. The van der Waals surface area contributed by atoms with E-state index >= 15 is 0 Å². The number of fused-ring (bicyclic) bond motifs is 1. The minimum absolute atomic E-state index is 0.0179. The van der Waals surface area contributed by atoms with Crippen LogP contribution in [0.2, 0.25) is 0 Å². The van der Waals surface area contributed by atoms with Crippen LogP contribution in [0.1, 0.15) is 108 Å². The second-order valence-corrected chi connectivity index (χ2v) is 17.8. The molecule has 0 radical (unpaired) electrons. The topological polar surface area (TPSA) is 172 Å². The number of carbonyl (C=O) groups excluding carboxylic acids is 5. The standard InChI is InChI=1S/C42H69NO14/c1-16-28-18-30(45)23(4)33(54-31-20-40(9,49-14)35(47)26(7)52-31)25(6)36(55-38-34(53-27(8)44)29(43(12)13)17-22(3)51-38)41(10,50-15)19-21(2)32(46)24(5)37-42(28,11)57-39(48)56-37/h21-26,28-29,31,33-34,36-38H,16-20H2,1-15H3/t21-,22-,23+,24+,25+,26+,28?,29+,31+,33?,34-,36-,37-,38+,40-,41-,42-/m1/s1. The highest BCUT2D eigenvalue weighted by atomic mass is 16.8. The number of hydrogen-bond acceptors (Lipinski definition) is 15. The van der Waals surface area contributed by atoms with Crippen LogP contribution in [0, 0.1) is 29.6 Å². The van der Waals surface area contributed by atoms with Crippen molar-refractivity contribution in [1.29, 1.82) is 0 Å². The highest BCUT2D eigenvalue weighted by Crippen LogP contribution is 2.45. The van der Waals surface area contributed by atoms with E-state index in [2.05, 4.69) is 0 Å². The Hall–Kier alpha value is -2.53. The molecule has 0 N–H and O–H groups in total. The number of methoxy groups -OCH3 is 2. The molecule has 3 saturated heterocycles. The number of Topliss-reactive ketones (excluding diaryl/α,β-unsaturated/α-hetero) is 3. The molecule has 4 rings (SSSR count). The van der Waals surface area contributed by atoms with Crippen molar-refractivity contribution in [2.24, 2.45) is 29.6 Å². The first-order valence-electron chi connectivity index (χ1n) is 20.5. The van der Waals surface area contributed by atoms with Gasteiger partial charge < -0.3 is 47.5 Å². The van der Waals surface area contributed by atoms with Crippen molar-refractivity contribution in [1.82, 2.24) is 4.90 Å². The number of rotatable bonds is 9. The summed E-state index contributed by atoms with van der Waals surface area (Å²) in [6.45, 7) is 19.3. The van der Waals surface area contributed by atoms with Crippen LogP contribution in [0.5, 0.6) is 0 Å². The summed E-state index contributed by atoms with van der Waals surface area (Å²) >= 11 is 0. The lowest BCUT2D eigenvalue weighted by atomic mass is 9.69. The Morgan fingerprint density at radius 1 is 0.877 bits per heavy atom. The molecule has 0 amide bonds. The third-order valence-electron chi connectivity index (χ3n) is 13.4. The summed E-state index contributed by atoms with van der Waals surface area (Å²) in [4.78, 5) is 69.7. The van der Waals surface area contributed by atoms with Crippen LogP contribution in [0.15, 0.2) is 0 Å². The van der Waals surface area contributed by atoms with Crippen LogP contribution < -0.4 is 0 Å². The van der Waals surface area contributed by atoms with Gasteiger partial charge in [0.1, 0.15) is 23.3 Å². The molecule has 0 aromatic heterocycles. The molecule has 1 saturated carbocycles. The smallest absolute Gasteiger partial charge is 0.455 e. The summed E-state index contributed by atoms with van der Waals surface area (Å²) in [7, 11) is 6.79. The van der Waals surface area contributed by atoms with Gasteiger partial charge >= 0.3 is 12.1 Å². The molecule has 15 heteroatoms. The molecule has 0 aromatic rings. The summed E-state index contributed by atoms with van der Waals surface area (Å²) in [5.74, 6) is -4.53. The van der Waals surface area contributed by atoms with Gasteiger partial charge in [0.25, 0.3) is 0 Å². The van der Waals surface area contributed by atoms with E-state index in [1.165, 1.54) is 21.1 Å². The van der Waals surface area contributed by atoms with Crippen LogP contribution >= 0.6 is 0 Å². The van der Waals surface area contributed by atoms with E-state index in [4.69, 9.17) is 42.6 Å². The zero-order valence-electron chi connectivity index (χ0n) is 36.8. The molecule has 326 valence electrons. The lowest BCUT2D eigenvalue weighted by Gasteiger charge is -2.49. The summed E-state index contributed by atoms with van der Waals surface area (Å²) in [6.07, 6.45) is -6.57. The maximum Gasteiger partial charge on any atom is 0.509 e. The normalized spacial score (nSPS) is 45.2. The molecule has 0 bridgehead atoms. The Balaban J connectivity index is 1.91. The van der Waals surface area contributed by atoms with Crippen molar-refractivity contribution in [2.75, 3.05) is 28.3 Å². The summed E-state index contributed by atoms with van der Waals surface area (Å²) in [5, 5.41) is 0. The van der Waals surface area contributed by atoms with E-state index in [-0.39, 0.29) is 48.8 Å². The van der Waals surface area contributed by atoms with Gasteiger partial charge in [-0.25, -0.2) is 4.79 Å². The zero-order chi connectivity index (χ0) is 42.9. The fraction of sp³-hybridized carbons (Fsp3) is 0.881. The van der Waals surface area contributed by atoms with Crippen LogP contribution in [0.4, 0.5) is 4.79 Å². The average molecular weight is 812 g/mol. The molecule has 15 nitrogen and oxygen atoms in total. The first-order valence-corrected chi connectivity index (χ1v) is 20.5. The molecule has 17 atom stereocenters. The largest absolute Gasteiger partial charge is 0.509 e.